The highest BCUT2D eigenvalue weighted by Gasteiger charge is 2.13. The van der Waals surface area contributed by atoms with Crippen LogP contribution in [0.25, 0.3) is 0 Å². The Hall–Kier alpha value is -1.96. The van der Waals surface area contributed by atoms with Crippen molar-refractivity contribution < 1.29 is 14.3 Å². The van der Waals surface area contributed by atoms with Crippen molar-refractivity contribution in [2.75, 3.05) is 11.9 Å². The fourth-order valence-corrected chi connectivity index (χ4v) is 2.91. The number of rotatable bonds is 4. The first-order chi connectivity index (χ1) is 10.5. The zero-order chi connectivity index (χ0) is 16.1. The van der Waals surface area contributed by atoms with Crippen LogP contribution in [0, 0.1) is 17.4 Å². The summed E-state index contributed by atoms with van der Waals surface area (Å²) in [5.41, 5.74) is 2.86. The summed E-state index contributed by atoms with van der Waals surface area (Å²) < 4.78 is 6.05. The molecular weight excluding hydrogens is 395 g/mol. The largest absolute Gasteiger partial charge is 0.451 e. The Labute approximate surface area is 142 Å². The van der Waals surface area contributed by atoms with E-state index in [1.807, 2.05) is 26.0 Å². The molecule has 5 nitrogen and oxygen atoms in total. The van der Waals surface area contributed by atoms with Gasteiger partial charge >= 0.3 is 5.97 Å². The van der Waals surface area contributed by atoms with Gasteiger partial charge in [-0.1, -0.05) is 6.07 Å². The number of carbonyl (C=O) groups excluding carboxylic acids is 2. The molecule has 1 aromatic carbocycles. The van der Waals surface area contributed by atoms with Crippen molar-refractivity contribution in [2.45, 2.75) is 13.8 Å². The minimum Gasteiger partial charge on any atom is -0.451 e. The summed E-state index contributed by atoms with van der Waals surface area (Å²) in [7, 11) is 0. The van der Waals surface area contributed by atoms with E-state index < -0.39 is 5.97 Å². The predicted molar refractivity (Wildman–Crippen MR) is 91.8 cm³/mol. The Balaban J connectivity index is 1.95. The Kier molecular flexibility index (Phi) is 5.48. The first kappa shape index (κ1) is 16.4. The highest BCUT2D eigenvalue weighted by atomic mass is 127. The second-order valence-corrected chi connectivity index (χ2v) is 6.00. The van der Waals surface area contributed by atoms with Crippen LogP contribution in [0.5, 0.6) is 0 Å². The Bertz CT molecular complexity index is 679. The number of aromatic nitrogens is 1. The normalized spacial score (nSPS) is 10.1. The molecule has 0 saturated heterocycles. The van der Waals surface area contributed by atoms with Crippen LogP contribution in [0.2, 0.25) is 0 Å². The summed E-state index contributed by atoms with van der Waals surface area (Å²) in [5, 5.41) is 2.77. The molecule has 0 saturated carbocycles. The number of amides is 1. The highest BCUT2D eigenvalue weighted by molar-refractivity contribution is 14.1. The monoisotopic (exact) mass is 410 g/mol. The van der Waals surface area contributed by atoms with Gasteiger partial charge < -0.3 is 10.1 Å². The molecule has 0 spiro atoms. The number of hydrogen-bond donors (Lipinski definition) is 1. The molecule has 1 amide bonds. The van der Waals surface area contributed by atoms with Crippen LogP contribution in [0.3, 0.4) is 0 Å². The maximum Gasteiger partial charge on any atom is 0.357 e. The fourth-order valence-electron chi connectivity index (χ4n) is 1.97. The summed E-state index contributed by atoms with van der Waals surface area (Å²) in [5.74, 6) is -0.997. The molecule has 0 aliphatic heterocycles. The van der Waals surface area contributed by atoms with E-state index in [0.717, 1.165) is 20.4 Å². The SMILES string of the molecule is Cc1cc(I)cc(C)c1NC(=O)COC(=O)c1ccccn1. The summed E-state index contributed by atoms with van der Waals surface area (Å²) in [6.07, 6.45) is 1.50. The average Bonchev–Trinajstić information content (AvgIpc) is 2.49. The van der Waals surface area contributed by atoms with Crippen molar-refractivity contribution in [3.8, 4) is 0 Å². The maximum absolute atomic E-state index is 11.9. The van der Waals surface area contributed by atoms with E-state index in [1.165, 1.54) is 12.3 Å². The molecule has 0 unspecified atom stereocenters. The third-order valence-corrected chi connectivity index (χ3v) is 3.59. The number of esters is 1. The molecular formula is C16H15IN2O3. The summed E-state index contributed by atoms with van der Waals surface area (Å²) in [6, 6.07) is 8.87. The van der Waals surface area contributed by atoms with Crippen LogP contribution >= 0.6 is 22.6 Å². The van der Waals surface area contributed by atoms with Crippen LogP contribution in [0.4, 0.5) is 5.69 Å². The molecule has 22 heavy (non-hydrogen) atoms. The zero-order valence-corrected chi connectivity index (χ0v) is 14.4. The lowest BCUT2D eigenvalue weighted by atomic mass is 10.1. The number of aryl methyl sites for hydroxylation is 2. The number of hydrogen-bond acceptors (Lipinski definition) is 4. The second kappa shape index (κ2) is 7.35. The van der Waals surface area contributed by atoms with E-state index in [4.69, 9.17) is 4.74 Å². The first-order valence-corrected chi connectivity index (χ1v) is 7.70. The molecule has 1 heterocycles. The molecule has 0 bridgehead atoms. The summed E-state index contributed by atoms with van der Waals surface area (Å²) in [6.45, 7) is 3.50. The van der Waals surface area contributed by atoms with Crippen LogP contribution in [0.1, 0.15) is 21.6 Å². The van der Waals surface area contributed by atoms with Gasteiger partial charge in [-0.2, -0.15) is 0 Å². The van der Waals surface area contributed by atoms with Gasteiger partial charge in [0, 0.05) is 15.5 Å². The quantitative estimate of drug-likeness (QED) is 0.622. The predicted octanol–water partition coefficient (Wildman–Crippen LogP) is 3.10. The summed E-state index contributed by atoms with van der Waals surface area (Å²) in [4.78, 5) is 27.5. The van der Waals surface area contributed by atoms with Crippen molar-refractivity contribution in [1.29, 1.82) is 0 Å². The number of halogens is 1. The van der Waals surface area contributed by atoms with Gasteiger partial charge in [-0.3, -0.25) is 4.79 Å². The molecule has 0 atom stereocenters. The van der Waals surface area contributed by atoms with Crippen LogP contribution in [-0.2, 0) is 9.53 Å². The van der Waals surface area contributed by atoms with Crippen molar-refractivity contribution in [3.63, 3.8) is 0 Å². The molecule has 114 valence electrons. The van der Waals surface area contributed by atoms with Gasteiger partial charge in [0.1, 0.15) is 5.69 Å². The van der Waals surface area contributed by atoms with E-state index in [9.17, 15) is 9.59 Å². The minimum absolute atomic E-state index is 0.178. The smallest absolute Gasteiger partial charge is 0.357 e. The van der Waals surface area contributed by atoms with E-state index in [2.05, 4.69) is 32.9 Å². The third-order valence-electron chi connectivity index (χ3n) is 2.97. The molecule has 1 N–H and O–H groups in total. The van der Waals surface area contributed by atoms with Gasteiger partial charge in [-0.15, -0.1) is 0 Å². The van der Waals surface area contributed by atoms with E-state index in [1.54, 1.807) is 12.1 Å². The molecule has 2 rings (SSSR count). The Morgan fingerprint density at radius 2 is 1.91 bits per heavy atom. The number of pyridine rings is 1. The van der Waals surface area contributed by atoms with Crippen molar-refractivity contribution in [2.24, 2.45) is 0 Å². The number of ether oxygens (including phenoxy) is 1. The fraction of sp³-hybridized carbons (Fsp3) is 0.188. The van der Waals surface area contributed by atoms with Crippen molar-refractivity contribution in [1.82, 2.24) is 4.98 Å². The Morgan fingerprint density at radius 3 is 2.50 bits per heavy atom. The lowest BCUT2D eigenvalue weighted by Crippen LogP contribution is -2.22. The van der Waals surface area contributed by atoms with E-state index in [-0.39, 0.29) is 18.2 Å². The Morgan fingerprint density at radius 1 is 1.23 bits per heavy atom. The third kappa shape index (κ3) is 4.27. The number of nitrogens with one attached hydrogen (secondary N) is 1. The lowest BCUT2D eigenvalue weighted by molar-refractivity contribution is -0.119. The van der Waals surface area contributed by atoms with E-state index >= 15 is 0 Å². The van der Waals surface area contributed by atoms with Crippen molar-refractivity contribution >= 4 is 40.2 Å². The van der Waals surface area contributed by atoms with Gasteiger partial charge in [0.05, 0.1) is 0 Å². The van der Waals surface area contributed by atoms with Gasteiger partial charge in [-0.05, 0) is 71.8 Å². The van der Waals surface area contributed by atoms with Gasteiger partial charge in [0.2, 0.25) is 0 Å². The number of nitrogens with zero attached hydrogens (tertiary/aromatic N) is 1. The van der Waals surface area contributed by atoms with Crippen LogP contribution < -0.4 is 5.32 Å². The average molecular weight is 410 g/mol. The highest BCUT2D eigenvalue weighted by Crippen LogP contribution is 2.23. The molecule has 0 fully saturated rings. The van der Waals surface area contributed by atoms with Crippen LogP contribution in [-0.4, -0.2) is 23.5 Å². The second-order valence-electron chi connectivity index (χ2n) is 4.75. The van der Waals surface area contributed by atoms with Crippen molar-refractivity contribution in [3.05, 3.63) is 56.9 Å². The maximum atomic E-state index is 11.9. The van der Waals surface area contributed by atoms with Gasteiger partial charge in [0.15, 0.2) is 6.61 Å². The summed E-state index contributed by atoms with van der Waals surface area (Å²) >= 11 is 2.22. The standard InChI is InChI=1S/C16H15IN2O3/c1-10-7-12(17)8-11(2)15(10)19-14(20)9-22-16(21)13-5-3-4-6-18-13/h3-8H,9H2,1-2H3,(H,19,20). The molecule has 6 heteroatoms. The number of carbonyl (C=O) groups is 2. The topological polar surface area (TPSA) is 68.3 Å². The zero-order valence-electron chi connectivity index (χ0n) is 12.2. The first-order valence-electron chi connectivity index (χ1n) is 6.62. The van der Waals surface area contributed by atoms with E-state index in [0.29, 0.717) is 0 Å². The number of anilines is 1. The van der Waals surface area contributed by atoms with Gasteiger partial charge in [0.25, 0.3) is 5.91 Å². The molecule has 0 aliphatic rings. The lowest BCUT2D eigenvalue weighted by Gasteiger charge is -2.12. The molecule has 1 aromatic heterocycles. The molecule has 0 radical (unpaired) electrons. The number of benzene rings is 1. The molecule has 0 aliphatic carbocycles. The van der Waals surface area contributed by atoms with Gasteiger partial charge in [-0.25, -0.2) is 9.78 Å². The minimum atomic E-state index is -0.619. The van der Waals surface area contributed by atoms with Crippen LogP contribution in [0.15, 0.2) is 36.5 Å². The molecule has 2 aromatic rings.